The van der Waals surface area contributed by atoms with Crippen molar-refractivity contribution in [3.8, 4) is 5.75 Å². The van der Waals surface area contributed by atoms with Crippen molar-refractivity contribution in [3.63, 3.8) is 0 Å². The first-order valence-corrected chi connectivity index (χ1v) is 8.90. The van der Waals surface area contributed by atoms with E-state index in [9.17, 15) is 14.4 Å². The molecule has 28 heavy (non-hydrogen) atoms. The van der Waals surface area contributed by atoms with Crippen LogP contribution >= 0.6 is 0 Å². The lowest BCUT2D eigenvalue weighted by Gasteiger charge is -2.23. The quantitative estimate of drug-likeness (QED) is 0.764. The van der Waals surface area contributed by atoms with Gasteiger partial charge in [-0.2, -0.15) is 5.10 Å². The topological polar surface area (TPSA) is 79.3 Å². The molecule has 2 aromatic rings. The molecule has 2 aliphatic rings. The van der Waals surface area contributed by atoms with Crippen molar-refractivity contribution in [2.75, 3.05) is 17.0 Å². The Kier molecular flexibility index (Phi) is 4.22. The number of benzene rings is 2. The van der Waals surface area contributed by atoms with Gasteiger partial charge in [-0.3, -0.25) is 19.4 Å². The van der Waals surface area contributed by atoms with Gasteiger partial charge >= 0.3 is 0 Å². The van der Waals surface area contributed by atoms with Crippen LogP contribution in [0.5, 0.6) is 5.75 Å². The van der Waals surface area contributed by atoms with Crippen LogP contribution in [0.15, 0.2) is 53.6 Å². The molecule has 142 valence electrons. The molecule has 1 fully saturated rings. The van der Waals surface area contributed by atoms with Gasteiger partial charge in [0.1, 0.15) is 23.4 Å². The number of hydrogen-bond donors (Lipinski definition) is 0. The fourth-order valence-electron chi connectivity index (χ4n) is 3.74. The summed E-state index contributed by atoms with van der Waals surface area (Å²) >= 11 is 0. The van der Waals surface area contributed by atoms with E-state index in [2.05, 4.69) is 5.10 Å². The Balaban J connectivity index is 1.83. The van der Waals surface area contributed by atoms with Crippen LogP contribution in [0, 0.1) is 12.8 Å². The van der Waals surface area contributed by atoms with Crippen LogP contribution in [0.3, 0.4) is 0 Å². The summed E-state index contributed by atoms with van der Waals surface area (Å²) in [5.41, 5.74) is 2.11. The zero-order chi connectivity index (χ0) is 20.0. The molecule has 0 aromatic heterocycles. The van der Waals surface area contributed by atoms with Gasteiger partial charge in [0.25, 0.3) is 5.91 Å². The molecule has 7 heteroatoms. The third-order valence-corrected chi connectivity index (χ3v) is 5.00. The highest BCUT2D eigenvalue weighted by atomic mass is 16.5. The smallest absolute Gasteiger partial charge is 0.260 e. The van der Waals surface area contributed by atoms with Gasteiger partial charge in [0, 0.05) is 6.92 Å². The average molecular weight is 377 g/mol. The average Bonchev–Trinajstić information content (AvgIpc) is 3.19. The largest absolute Gasteiger partial charge is 0.495 e. The Hall–Kier alpha value is -3.48. The van der Waals surface area contributed by atoms with Crippen molar-refractivity contribution >= 4 is 34.7 Å². The number of carbonyl (C=O) groups excluding carboxylic acids is 3. The van der Waals surface area contributed by atoms with Crippen LogP contribution in [0.1, 0.15) is 12.5 Å². The van der Waals surface area contributed by atoms with Gasteiger partial charge in [-0.25, -0.2) is 4.90 Å². The number of aryl methyl sites for hydroxylation is 1. The van der Waals surface area contributed by atoms with E-state index in [0.29, 0.717) is 17.1 Å². The Bertz CT molecular complexity index is 1030. The molecule has 0 bridgehead atoms. The second kappa shape index (κ2) is 6.60. The number of methoxy groups -OCH3 is 1. The first-order chi connectivity index (χ1) is 13.4. The third-order valence-electron chi connectivity index (χ3n) is 5.00. The molecule has 7 nitrogen and oxygen atoms in total. The van der Waals surface area contributed by atoms with Crippen LogP contribution in [-0.2, 0) is 14.4 Å². The Labute approximate surface area is 162 Å². The summed E-state index contributed by atoms with van der Waals surface area (Å²) < 4.78 is 5.32. The second-order valence-corrected chi connectivity index (χ2v) is 6.83. The van der Waals surface area contributed by atoms with Gasteiger partial charge in [-0.05, 0) is 36.8 Å². The number of ketones is 1. The van der Waals surface area contributed by atoms with Gasteiger partial charge in [0.05, 0.1) is 18.5 Å². The molecule has 2 aliphatic heterocycles. The predicted molar refractivity (Wildman–Crippen MR) is 105 cm³/mol. The third kappa shape index (κ3) is 2.58. The lowest BCUT2D eigenvalue weighted by molar-refractivity contribution is -0.122. The number of carbonyl (C=O) groups is 3. The molecule has 4 rings (SSSR count). The molecule has 0 radical (unpaired) electrons. The summed E-state index contributed by atoms with van der Waals surface area (Å²) in [6.45, 7) is 3.29. The first kappa shape index (κ1) is 17.9. The Morgan fingerprint density at radius 3 is 2.50 bits per heavy atom. The van der Waals surface area contributed by atoms with Crippen LogP contribution in [-0.4, -0.2) is 36.5 Å². The fourth-order valence-corrected chi connectivity index (χ4v) is 3.74. The van der Waals surface area contributed by atoms with Gasteiger partial charge in [0.2, 0.25) is 5.91 Å². The molecule has 2 atom stereocenters. The molecule has 0 unspecified atom stereocenters. The van der Waals surface area contributed by atoms with Crippen molar-refractivity contribution in [2.45, 2.75) is 19.9 Å². The van der Waals surface area contributed by atoms with E-state index >= 15 is 0 Å². The fraction of sp³-hybridized carbons (Fsp3) is 0.238. The molecule has 0 aliphatic carbocycles. The maximum absolute atomic E-state index is 13.3. The molecule has 2 heterocycles. The molecule has 2 aromatic carbocycles. The lowest BCUT2D eigenvalue weighted by atomic mass is 9.95. The van der Waals surface area contributed by atoms with E-state index in [-0.39, 0.29) is 11.5 Å². The van der Waals surface area contributed by atoms with E-state index in [1.54, 1.807) is 30.3 Å². The SMILES string of the molecule is COc1ccccc1N1C(=O)[C@@H]2C(C(C)=O)=NN(c3cccc(C)c3)[C@H]2C1=O. The van der Waals surface area contributed by atoms with E-state index < -0.39 is 23.8 Å². The highest BCUT2D eigenvalue weighted by Gasteiger charge is 2.58. The van der Waals surface area contributed by atoms with E-state index in [0.717, 1.165) is 10.5 Å². The van der Waals surface area contributed by atoms with Crippen LogP contribution < -0.4 is 14.6 Å². The maximum atomic E-state index is 13.3. The number of hydrazone groups is 1. The number of rotatable bonds is 4. The Morgan fingerprint density at radius 2 is 1.82 bits per heavy atom. The number of nitrogens with zero attached hydrogens (tertiary/aromatic N) is 3. The number of ether oxygens (including phenoxy) is 1. The molecule has 0 N–H and O–H groups in total. The van der Waals surface area contributed by atoms with Gasteiger partial charge in [0.15, 0.2) is 5.78 Å². The number of Topliss-reactive ketones (excluding diaryl/α,β-unsaturated/α-hetero) is 1. The number of imide groups is 1. The monoisotopic (exact) mass is 377 g/mol. The molecule has 0 spiro atoms. The summed E-state index contributed by atoms with van der Waals surface area (Å²) in [7, 11) is 1.48. The maximum Gasteiger partial charge on any atom is 0.260 e. The number of amides is 2. The van der Waals surface area contributed by atoms with Crippen molar-refractivity contribution in [3.05, 3.63) is 54.1 Å². The van der Waals surface area contributed by atoms with Crippen molar-refractivity contribution in [1.82, 2.24) is 0 Å². The standard InChI is InChI=1S/C21H19N3O4/c1-12-7-6-8-14(11-12)24-19-17(18(22-24)13(2)25)20(26)23(21(19)27)15-9-4-5-10-16(15)28-3/h4-11,17,19H,1-3H3/t17-,19-/m1/s1. The summed E-state index contributed by atoms with van der Waals surface area (Å²) in [6, 6.07) is 13.4. The lowest BCUT2D eigenvalue weighted by Crippen LogP contribution is -2.39. The van der Waals surface area contributed by atoms with Gasteiger partial charge in [-0.1, -0.05) is 24.3 Å². The second-order valence-electron chi connectivity index (χ2n) is 6.83. The predicted octanol–water partition coefficient (Wildman–Crippen LogP) is 2.33. The van der Waals surface area contributed by atoms with Crippen molar-refractivity contribution in [2.24, 2.45) is 11.0 Å². The highest BCUT2D eigenvalue weighted by Crippen LogP contribution is 2.40. The minimum Gasteiger partial charge on any atom is -0.495 e. The minimum atomic E-state index is -0.935. The van der Waals surface area contributed by atoms with Crippen LogP contribution in [0.25, 0.3) is 0 Å². The molecule has 0 saturated carbocycles. The minimum absolute atomic E-state index is 0.0993. The van der Waals surface area contributed by atoms with Crippen molar-refractivity contribution < 1.29 is 19.1 Å². The van der Waals surface area contributed by atoms with Gasteiger partial charge in [-0.15, -0.1) is 0 Å². The summed E-state index contributed by atoms with van der Waals surface area (Å²) in [6.07, 6.45) is 0. The van der Waals surface area contributed by atoms with E-state index in [4.69, 9.17) is 4.74 Å². The Morgan fingerprint density at radius 1 is 1.07 bits per heavy atom. The molecule has 2 amide bonds. The number of fused-ring (bicyclic) bond motifs is 1. The number of hydrogen-bond acceptors (Lipinski definition) is 6. The molecular formula is C21H19N3O4. The summed E-state index contributed by atoms with van der Waals surface area (Å²) in [4.78, 5) is 39.8. The van der Waals surface area contributed by atoms with Gasteiger partial charge < -0.3 is 4.74 Å². The number of anilines is 2. The van der Waals surface area contributed by atoms with Crippen molar-refractivity contribution in [1.29, 1.82) is 0 Å². The van der Waals surface area contributed by atoms with E-state index in [1.807, 2.05) is 25.1 Å². The zero-order valence-corrected chi connectivity index (χ0v) is 15.7. The molecule has 1 saturated heterocycles. The normalized spacial score (nSPS) is 21.0. The highest BCUT2D eigenvalue weighted by molar-refractivity contribution is 6.49. The van der Waals surface area contributed by atoms with Crippen LogP contribution in [0.4, 0.5) is 11.4 Å². The van der Waals surface area contributed by atoms with Crippen LogP contribution in [0.2, 0.25) is 0 Å². The number of para-hydroxylation sites is 2. The summed E-state index contributed by atoms with van der Waals surface area (Å²) in [5, 5.41) is 5.85. The summed E-state index contributed by atoms with van der Waals surface area (Å²) in [5.74, 6) is -1.75. The van der Waals surface area contributed by atoms with E-state index in [1.165, 1.54) is 19.0 Å². The first-order valence-electron chi connectivity index (χ1n) is 8.90. The zero-order valence-electron chi connectivity index (χ0n) is 15.7. The molecular weight excluding hydrogens is 358 g/mol.